The van der Waals surface area contributed by atoms with Crippen LogP contribution in [0, 0.1) is 0 Å². The van der Waals surface area contributed by atoms with E-state index in [1.165, 1.54) is 0 Å². The Labute approximate surface area is 266 Å². The SMILES string of the molecule is CCCCNc1ccc(C(=O)OCCOCCOCCOCCOCCOCCOCCOCCOCCOCC(=O)O)cc1. The fourth-order valence-electron chi connectivity index (χ4n) is 3.33. The highest BCUT2D eigenvalue weighted by Gasteiger charge is 2.06. The van der Waals surface area contributed by atoms with Gasteiger partial charge in [-0.3, -0.25) is 0 Å². The van der Waals surface area contributed by atoms with E-state index < -0.39 is 5.97 Å². The van der Waals surface area contributed by atoms with Crippen molar-refractivity contribution in [2.75, 3.05) is 137 Å². The first kappa shape index (κ1) is 40.6. The van der Waals surface area contributed by atoms with E-state index in [1.807, 2.05) is 12.1 Å². The van der Waals surface area contributed by atoms with Gasteiger partial charge in [0.1, 0.15) is 13.2 Å². The van der Waals surface area contributed by atoms with Crippen LogP contribution < -0.4 is 5.32 Å². The molecule has 0 aliphatic rings. The van der Waals surface area contributed by atoms with Crippen LogP contribution in [0.2, 0.25) is 0 Å². The summed E-state index contributed by atoms with van der Waals surface area (Å²) in [7, 11) is 0. The number of carboxylic acid groups (broad SMARTS) is 1. The summed E-state index contributed by atoms with van der Waals surface area (Å²) in [6, 6.07) is 7.26. The van der Waals surface area contributed by atoms with Gasteiger partial charge < -0.3 is 57.8 Å². The van der Waals surface area contributed by atoms with Crippen LogP contribution >= 0.6 is 0 Å². The van der Waals surface area contributed by atoms with Crippen molar-refractivity contribution < 1.29 is 62.1 Å². The van der Waals surface area contributed by atoms with Crippen molar-refractivity contribution in [3.05, 3.63) is 29.8 Å². The van der Waals surface area contributed by atoms with Crippen LogP contribution in [-0.4, -0.2) is 149 Å². The molecule has 0 radical (unpaired) electrons. The normalized spacial score (nSPS) is 11.1. The molecule has 14 nitrogen and oxygen atoms in total. The number of unbranched alkanes of at least 4 members (excludes halogenated alkanes) is 1. The second-order valence-electron chi connectivity index (χ2n) is 9.34. The molecule has 1 aromatic carbocycles. The second-order valence-corrected chi connectivity index (χ2v) is 9.34. The fraction of sp³-hybridized carbons (Fsp3) is 0.742. The van der Waals surface area contributed by atoms with Gasteiger partial charge in [0.2, 0.25) is 0 Å². The number of carboxylic acids is 1. The Bertz CT molecular complexity index is 813. The lowest BCUT2D eigenvalue weighted by Crippen LogP contribution is -2.16. The van der Waals surface area contributed by atoms with Gasteiger partial charge in [0.15, 0.2) is 0 Å². The first-order valence-electron chi connectivity index (χ1n) is 15.6. The largest absolute Gasteiger partial charge is 0.480 e. The molecule has 0 aliphatic carbocycles. The van der Waals surface area contributed by atoms with Crippen molar-refractivity contribution in [1.82, 2.24) is 0 Å². The molecule has 0 aromatic heterocycles. The Balaban J connectivity index is 1.72. The minimum Gasteiger partial charge on any atom is -0.480 e. The zero-order valence-electron chi connectivity index (χ0n) is 26.7. The minimum atomic E-state index is -0.999. The molecular weight excluding hydrogens is 594 g/mol. The lowest BCUT2D eigenvalue weighted by molar-refractivity contribution is -0.142. The maximum Gasteiger partial charge on any atom is 0.338 e. The van der Waals surface area contributed by atoms with Crippen LogP contribution in [0.15, 0.2) is 24.3 Å². The molecule has 0 atom stereocenters. The second kappa shape index (κ2) is 31.6. The Hall–Kier alpha value is -2.40. The fourth-order valence-corrected chi connectivity index (χ4v) is 3.33. The maximum absolute atomic E-state index is 12.1. The van der Waals surface area contributed by atoms with Gasteiger partial charge in [-0.25, -0.2) is 9.59 Å². The van der Waals surface area contributed by atoms with Gasteiger partial charge in [0.05, 0.1) is 118 Å². The molecule has 0 unspecified atom stereocenters. The van der Waals surface area contributed by atoms with Gasteiger partial charge >= 0.3 is 11.9 Å². The zero-order chi connectivity index (χ0) is 32.5. The molecule has 0 amide bonds. The number of esters is 1. The van der Waals surface area contributed by atoms with Crippen LogP contribution in [0.5, 0.6) is 0 Å². The van der Waals surface area contributed by atoms with Gasteiger partial charge in [0, 0.05) is 12.2 Å². The number of ether oxygens (including phenoxy) is 10. The molecule has 0 aliphatic heterocycles. The highest BCUT2D eigenvalue weighted by molar-refractivity contribution is 5.89. The molecule has 0 spiro atoms. The number of rotatable bonds is 34. The number of nitrogens with one attached hydrogen (secondary N) is 1. The monoisotopic (exact) mass is 647 g/mol. The summed E-state index contributed by atoms with van der Waals surface area (Å²) >= 11 is 0. The molecule has 0 saturated carbocycles. The molecule has 1 aromatic rings. The standard InChI is InChI=1S/C31H53NO13/c1-2-3-8-32-29-6-4-28(5-7-29)31(35)45-26-25-43-22-21-41-18-17-39-14-13-37-10-9-36-11-12-38-15-16-40-19-20-42-23-24-44-27-30(33)34/h4-7,32H,2-3,8-27H2,1H3,(H,33,34). The van der Waals surface area contributed by atoms with Gasteiger partial charge in [-0.1, -0.05) is 13.3 Å². The lowest BCUT2D eigenvalue weighted by atomic mass is 10.2. The number of carbonyl (C=O) groups is 2. The Morgan fingerprint density at radius 3 is 1.27 bits per heavy atom. The number of carbonyl (C=O) groups excluding carboxylic acids is 1. The number of hydrogen-bond donors (Lipinski definition) is 2. The van der Waals surface area contributed by atoms with Crippen molar-refractivity contribution in [2.24, 2.45) is 0 Å². The highest BCUT2D eigenvalue weighted by Crippen LogP contribution is 2.10. The number of anilines is 1. The Morgan fingerprint density at radius 1 is 0.556 bits per heavy atom. The number of aliphatic carboxylic acids is 1. The summed E-state index contributed by atoms with van der Waals surface area (Å²) in [4.78, 5) is 22.4. The van der Waals surface area contributed by atoms with Gasteiger partial charge in [0.25, 0.3) is 0 Å². The topological polar surface area (TPSA) is 159 Å². The van der Waals surface area contributed by atoms with Crippen molar-refractivity contribution in [3.8, 4) is 0 Å². The first-order chi connectivity index (χ1) is 22.1. The van der Waals surface area contributed by atoms with Crippen LogP contribution in [0.4, 0.5) is 5.69 Å². The van der Waals surface area contributed by atoms with Crippen molar-refractivity contribution in [1.29, 1.82) is 0 Å². The molecule has 260 valence electrons. The maximum atomic E-state index is 12.1. The quantitative estimate of drug-likeness (QED) is 0.0829. The van der Waals surface area contributed by atoms with E-state index in [9.17, 15) is 9.59 Å². The van der Waals surface area contributed by atoms with Crippen LogP contribution in [0.25, 0.3) is 0 Å². The molecule has 0 bridgehead atoms. The first-order valence-corrected chi connectivity index (χ1v) is 15.6. The van der Waals surface area contributed by atoms with E-state index in [0.29, 0.717) is 111 Å². The predicted octanol–water partition coefficient (Wildman–Crippen LogP) is 2.29. The summed E-state index contributed by atoms with van der Waals surface area (Å²) < 4.78 is 53.3. The van der Waals surface area contributed by atoms with Crippen molar-refractivity contribution in [2.45, 2.75) is 19.8 Å². The molecule has 1 rings (SSSR count). The summed E-state index contributed by atoms with van der Waals surface area (Å²) in [6.07, 6.45) is 2.24. The third kappa shape index (κ3) is 27.6. The summed E-state index contributed by atoms with van der Waals surface area (Å²) in [5.41, 5.74) is 1.50. The molecule has 45 heavy (non-hydrogen) atoms. The molecule has 14 heteroatoms. The van der Waals surface area contributed by atoms with E-state index in [1.54, 1.807) is 12.1 Å². The molecule has 0 heterocycles. The van der Waals surface area contributed by atoms with Gasteiger partial charge in [-0.2, -0.15) is 0 Å². The van der Waals surface area contributed by atoms with Crippen LogP contribution in [0.3, 0.4) is 0 Å². The molecule has 0 saturated heterocycles. The molecule has 2 N–H and O–H groups in total. The van der Waals surface area contributed by atoms with Crippen LogP contribution in [-0.2, 0) is 52.2 Å². The molecular formula is C31H53NO13. The van der Waals surface area contributed by atoms with E-state index in [-0.39, 0.29) is 25.8 Å². The Kier molecular flexibility index (Phi) is 28.5. The number of benzene rings is 1. The van der Waals surface area contributed by atoms with Crippen molar-refractivity contribution >= 4 is 17.6 Å². The highest BCUT2D eigenvalue weighted by atomic mass is 16.6. The predicted molar refractivity (Wildman–Crippen MR) is 165 cm³/mol. The van der Waals surface area contributed by atoms with E-state index in [0.717, 1.165) is 25.1 Å². The minimum absolute atomic E-state index is 0.184. The van der Waals surface area contributed by atoms with E-state index >= 15 is 0 Å². The average molecular weight is 648 g/mol. The Morgan fingerprint density at radius 2 is 0.911 bits per heavy atom. The molecule has 0 fully saturated rings. The summed E-state index contributed by atoms with van der Waals surface area (Å²) in [5, 5.41) is 11.7. The van der Waals surface area contributed by atoms with E-state index in [2.05, 4.69) is 12.2 Å². The third-order valence-corrected chi connectivity index (χ3v) is 5.64. The summed E-state index contributed by atoms with van der Waals surface area (Å²) in [5.74, 6) is -1.37. The smallest absolute Gasteiger partial charge is 0.338 e. The number of hydrogen-bond acceptors (Lipinski definition) is 13. The van der Waals surface area contributed by atoms with E-state index in [4.69, 9.17) is 52.5 Å². The van der Waals surface area contributed by atoms with Crippen LogP contribution in [0.1, 0.15) is 30.1 Å². The summed E-state index contributed by atoms with van der Waals surface area (Å²) in [6.45, 7) is 10.1. The lowest BCUT2D eigenvalue weighted by Gasteiger charge is -2.09. The zero-order valence-corrected chi connectivity index (χ0v) is 26.7. The average Bonchev–Trinajstić information content (AvgIpc) is 3.04. The van der Waals surface area contributed by atoms with Crippen molar-refractivity contribution in [3.63, 3.8) is 0 Å². The third-order valence-electron chi connectivity index (χ3n) is 5.64. The van der Waals surface area contributed by atoms with Gasteiger partial charge in [-0.05, 0) is 30.7 Å². The van der Waals surface area contributed by atoms with Gasteiger partial charge in [-0.15, -0.1) is 0 Å².